The minimum atomic E-state index is -0.932. The molecule has 2 fully saturated rings. The second-order valence-electron chi connectivity index (χ2n) is 8.13. The van der Waals surface area contributed by atoms with Gasteiger partial charge in [-0.25, -0.2) is 4.79 Å². The summed E-state index contributed by atoms with van der Waals surface area (Å²) in [4.78, 5) is 25.1. The molecule has 5 heteroatoms. The number of hydrogen-bond donors (Lipinski definition) is 2. The lowest BCUT2D eigenvalue weighted by molar-refractivity contribution is -0.128. The summed E-state index contributed by atoms with van der Waals surface area (Å²) in [7, 11) is 0. The summed E-state index contributed by atoms with van der Waals surface area (Å²) in [6.45, 7) is 0.610. The molecule has 1 amide bonds. The highest BCUT2D eigenvalue weighted by Gasteiger charge is 2.28. The Balaban J connectivity index is 1.48. The molecule has 2 unspecified atom stereocenters. The van der Waals surface area contributed by atoms with E-state index < -0.39 is 12.1 Å². The predicted molar refractivity (Wildman–Crippen MR) is 108 cm³/mol. The maximum absolute atomic E-state index is 12.2. The van der Waals surface area contributed by atoms with Gasteiger partial charge in [0.25, 0.3) is 0 Å². The fourth-order valence-electron chi connectivity index (χ4n) is 4.37. The molecule has 1 aliphatic carbocycles. The largest absolute Gasteiger partial charge is 0.478 e. The Morgan fingerprint density at radius 1 is 1.18 bits per heavy atom. The molecule has 2 atom stereocenters. The highest BCUT2D eigenvalue weighted by atomic mass is 16.4. The molecule has 3 rings (SSSR count). The molecule has 5 nitrogen and oxygen atoms in total. The van der Waals surface area contributed by atoms with E-state index in [4.69, 9.17) is 5.11 Å². The molecule has 2 aliphatic rings. The van der Waals surface area contributed by atoms with E-state index in [0.717, 1.165) is 30.7 Å². The topological polar surface area (TPSA) is 77.8 Å². The summed E-state index contributed by atoms with van der Waals surface area (Å²) in [6.07, 6.45) is 12.6. The number of nitrogens with zero attached hydrogens (tertiary/aromatic N) is 1. The molecule has 2 N–H and O–H groups in total. The lowest BCUT2D eigenvalue weighted by atomic mass is 9.99. The van der Waals surface area contributed by atoms with Gasteiger partial charge in [0.05, 0.1) is 17.7 Å². The van der Waals surface area contributed by atoms with E-state index in [1.54, 1.807) is 12.1 Å². The zero-order chi connectivity index (χ0) is 19.9. The molecule has 0 aromatic heterocycles. The molecule has 0 spiro atoms. The van der Waals surface area contributed by atoms with Crippen LogP contribution in [0.5, 0.6) is 0 Å². The third kappa shape index (κ3) is 5.68. The van der Waals surface area contributed by atoms with Crippen LogP contribution < -0.4 is 0 Å². The van der Waals surface area contributed by atoms with Gasteiger partial charge in [-0.05, 0) is 49.3 Å². The molecule has 1 aromatic carbocycles. The summed E-state index contributed by atoms with van der Waals surface area (Å²) in [6, 6.07) is 6.86. The van der Waals surface area contributed by atoms with Crippen molar-refractivity contribution in [2.24, 2.45) is 5.92 Å². The number of aliphatic hydroxyl groups is 1. The van der Waals surface area contributed by atoms with E-state index in [0.29, 0.717) is 19.4 Å². The van der Waals surface area contributed by atoms with Gasteiger partial charge in [0.2, 0.25) is 5.91 Å². The van der Waals surface area contributed by atoms with E-state index in [2.05, 4.69) is 0 Å². The van der Waals surface area contributed by atoms with Crippen LogP contribution in [0.25, 0.3) is 0 Å². The normalized spacial score (nSPS) is 21.7. The van der Waals surface area contributed by atoms with E-state index in [1.807, 2.05) is 29.2 Å². The molecular formula is C23H31NO4. The van der Waals surface area contributed by atoms with Crippen molar-refractivity contribution in [2.75, 3.05) is 6.54 Å². The highest BCUT2D eigenvalue weighted by molar-refractivity contribution is 5.87. The average Bonchev–Trinajstić information content (AvgIpc) is 3.33. The number of rotatable bonds is 9. The van der Waals surface area contributed by atoms with E-state index >= 15 is 0 Å². The first kappa shape index (κ1) is 20.6. The number of carbonyl (C=O) groups excluding carboxylic acids is 1. The summed E-state index contributed by atoms with van der Waals surface area (Å²) in [5.41, 5.74) is 1.29. The highest BCUT2D eigenvalue weighted by Crippen LogP contribution is 2.29. The van der Waals surface area contributed by atoms with Crippen LogP contribution >= 0.6 is 0 Å². The van der Waals surface area contributed by atoms with Gasteiger partial charge in [0.1, 0.15) is 0 Å². The van der Waals surface area contributed by atoms with Crippen LogP contribution in [-0.2, 0) is 11.2 Å². The number of hydrogen-bond acceptors (Lipinski definition) is 3. The fraction of sp³-hybridized carbons (Fsp3) is 0.565. The molecule has 152 valence electrons. The number of carboxylic acid groups (broad SMARTS) is 1. The molecule has 1 heterocycles. The van der Waals surface area contributed by atoms with E-state index in [-0.39, 0.29) is 17.5 Å². The van der Waals surface area contributed by atoms with Crippen molar-refractivity contribution in [1.29, 1.82) is 0 Å². The SMILES string of the molecule is O=C(O)c1ccc(CCN2C(=O)CCC2C=CC(O)CCC2CCCC2)cc1. The Morgan fingerprint density at radius 2 is 1.89 bits per heavy atom. The summed E-state index contributed by atoms with van der Waals surface area (Å²) >= 11 is 0. The lowest BCUT2D eigenvalue weighted by Crippen LogP contribution is -2.33. The van der Waals surface area contributed by atoms with Crippen molar-refractivity contribution in [2.45, 2.75) is 69.9 Å². The van der Waals surface area contributed by atoms with Gasteiger partial charge in [-0.2, -0.15) is 0 Å². The summed E-state index contributed by atoms with van der Waals surface area (Å²) < 4.78 is 0. The van der Waals surface area contributed by atoms with Crippen molar-refractivity contribution in [3.05, 3.63) is 47.5 Å². The van der Waals surface area contributed by atoms with Gasteiger partial charge in [-0.3, -0.25) is 4.79 Å². The Morgan fingerprint density at radius 3 is 2.57 bits per heavy atom. The molecule has 1 aromatic rings. The second-order valence-corrected chi connectivity index (χ2v) is 8.13. The van der Waals surface area contributed by atoms with Crippen molar-refractivity contribution in [1.82, 2.24) is 4.90 Å². The van der Waals surface area contributed by atoms with Crippen molar-refractivity contribution >= 4 is 11.9 Å². The maximum atomic E-state index is 12.2. The van der Waals surface area contributed by atoms with E-state index in [9.17, 15) is 14.7 Å². The van der Waals surface area contributed by atoms with Crippen LogP contribution in [0.1, 0.15) is 67.3 Å². The van der Waals surface area contributed by atoms with Gasteiger partial charge in [0.15, 0.2) is 0 Å². The van der Waals surface area contributed by atoms with Crippen LogP contribution in [0.2, 0.25) is 0 Å². The first-order chi connectivity index (χ1) is 13.5. The number of carbonyl (C=O) groups is 2. The first-order valence-corrected chi connectivity index (χ1v) is 10.5. The molecule has 0 bridgehead atoms. The molecule has 28 heavy (non-hydrogen) atoms. The summed E-state index contributed by atoms with van der Waals surface area (Å²) in [5, 5.41) is 19.2. The number of aliphatic hydroxyl groups excluding tert-OH is 1. The number of aromatic carboxylic acids is 1. The Kier molecular flexibility index (Phi) is 7.26. The van der Waals surface area contributed by atoms with Gasteiger partial charge in [-0.1, -0.05) is 50.0 Å². The average molecular weight is 386 g/mol. The predicted octanol–water partition coefficient (Wildman–Crippen LogP) is 3.81. The molecule has 1 saturated carbocycles. The molecule has 1 saturated heterocycles. The third-order valence-electron chi connectivity index (χ3n) is 6.12. The van der Waals surface area contributed by atoms with Crippen molar-refractivity contribution in [3.63, 3.8) is 0 Å². The van der Waals surface area contributed by atoms with Gasteiger partial charge in [-0.15, -0.1) is 0 Å². The van der Waals surface area contributed by atoms with Crippen LogP contribution in [0.4, 0.5) is 0 Å². The van der Waals surface area contributed by atoms with Gasteiger partial charge >= 0.3 is 5.97 Å². The van der Waals surface area contributed by atoms with Crippen molar-refractivity contribution < 1.29 is 19.8 Å². The summed E-state index contributed by atoms with van der Waals surface area (Å²) in [5.74, 6) is -0.00432. The fourth-order valence-corrected chi connectivity index (χ4v) is 4.37. The van der Waals surface area contributed by atoms with Crippen LogP contribution in [0.15, 0.2) is 36.4 Å². The van der Waals surface area contributed by atoms with Crippen LogP contribution in [0, 0.1) is 5.92 Å². The van der Waals surface area contributed by atoms with Gasteiger partial charge in [0, 0.05) is 13.0 Å². The Hall–Kier alpha value is -2.14. The van der Waals surface area contributed by atoms with Crippen LogP contribution in [0.3, 0.4) is 0 Å². The monoisotopic (exact) mass is 385 g/mol. The number of likely N-dealkylation sites (tertiary alicyclic amines) is 1. The molecule has 0 radical (unpaired) electrons. The first-order valence-electron chi connectivity index (χ1n) is 10.5. The van der Waals surface area contributed by atoms with Crippen molar-refractivity contribution in [3.8, 4) is 0 Å². The number of amides is 1. The standard InChI is InChI=1S/C23H31NO4/c25-21(12-7-17-3-1-2-4-17)13-10-20-11-14-22(26)24(20)16-15-18-5-8-19(9-6-18)23(27)28/h5-6,8-10,13,17,20-21,25H,1-4,7,11-12,14-16H2,(H,27,28). The van der Waals surface area contributed by atoms with Gasteiger partial charge < -0.3 is 15.1 Å². The quantitative estimate of drug-likeness (QED) is 0.634. The minimum absolute atomic E-state index is 0.0481. The zero-order valence-electron chi connectivity index (χ0n) is 16.4. The third-order valence-corrected chi connectivity index (χ3v) is 6.12. The molecule has 1 aliphatic heterocycles. The Bertz CT molecular complexity index is 691. The zero-order valence-corrected chi connectivity index (χ0v) is 16.4. The minimum Gasteiger partial charge on any atom is -0.478 e. The lowest BCUT2D eigenvalue weighted by Gasteiger charge is -2.23. The smallest absolute Gasteiger partial charge is 0.335 e. The van der Waals surface area contributed by atoms with E-state index in [1.165, 1.54) is 25.7 Å². The van der Waals surface area contributed by atoms with Crippen LogP contribution in [-0.4, -0.2) is 45.7 Å². The number of carboxylic acids is 1. The second kappa shape index (κ2) is 9.87. The maximum Gasteiger partial charge on any atom is 0.335 e. The number of benzene rings is 1. The Labute approximate surface area is 167 Å². The molecular weight excluding hydrogens is 354 g/mol.